The third-order valence-electron chi connectivity index (χ3n) is 2.46. The summed E-state index contributed by atoms with van der Waals surface area (Å²) in [5.74, 6) is 0.592. The van der Waals surface area contributed by atoms with Crippen molar-refractivity contribution < 1.29 is 13.2 Å². The largest absolute Gasteiger partial charge is 0.433 e. The number of halogens is 4. The van der Waals surface area contributed by atoms with Crippen LogP contribution in [-0.4, -0.2) is 19.7 Å². The molecule has 0 radical (unpaired) electrons. The number of rotatable bonds is 3. The Bertz CT molecular complexity index is 562. The van der Waals surface area contributed by atoms with Crippen molar-refractivity contribution >= 4 is 11.6 Å². The molecule has 0 amide bonds. The van der Waals surface area contributed by atoms with Crippen LogP contribution in [0.1, 0.15) is 24.9 Å². The van der Waals surface area contributed by atoms with Gasteiger partial charge in [0.15, 0.2) is 0 Å². The van der Waals surface area contributed by atoms with E-state index in [1.165, 1.54) is 10.6 Å². The predicted molar refractivity (Wildman–Crippen MR) is 63.2 cm³/mol. The van der Waals surface area contributed by atoms with Crippen molar-refractivity contribution in [2.24, 2.45) is 0 Å². The summed E-state index contributed by atoms with van der Waals surface area (Å²) in [6, 6.07) is 2.20. The molecule has 0 unspecified atom stereocenters. The molecule has 2 heterocycles. The van der Waals surface area contributed by atoms with Gasteiger partial charge in [0.1, 0.15) is 11.5 Å². The molecule has 19 heavy (non-hydrogen) atoms. The van der Waals surface area contributed by atoms with Gasteiger partial charge in [-0.3, -0.25) is 4.57 Å². The summed E-state index contributed by atoms with van der Waals surface area (Å²) < 4.78 is 38.7. The lowest BCUT2D eigenvalue weighted by atomic mass is 10.3. The zero-order valence-corrected chi connectivity index (χ0v) is 10.7. The number of hydrogen-bond acceptors (Lipinski definition) is 3. The Morgan fingerprint density at radius 1 is 1.26 bits per heavy atom. The van der Waals surface area contributed by atoms with Gasteiger partial charge in [0.05, 0.1) is 11.9 Å². The van der Waals surface area contributed by atoms with Crippen molar-refractivity contribution in [2.75, 3.05) is 0 Å². The summed E-state index contributed by atoms with van der Waals surface area (Å²) in [4.78, 5) is 3.39. The van der Waals surface area contributed by atoms with Gasteiger partial charge in [0, 0.05) is 6.42 Å². The highest BCUT2D eigenvalue weighted by Gasteiger charge is 2.32. The smallest absolute Gasteiger partial charge is 0.268 e. The highest BCUT2D eigenvalue weighted by Crippen LogP contribution is 2.28. The minimum Gasteiger partial charge on any atom is -0.268 e. The van der Waals surface area contributed by atoms with Crippen LogP contribution in [0.2, 0.25) is 5.28 Å². The Labute approximate surface area is 112 Å². The SMILES string of the molecule is CCCc1nnc(Cl)n1-c1ccc(C(F)(F)F)nc1. The zero-order valence-electron chi connectivity index (χ0n) is 9.95. The van der Waals surface area contributed by atoms with Gasteiger partial charge in [-0.1, -0.05) is 6.92 Å². The van der Waals surface area contributed by atoms with Crippen LogP contribution in [0.15, 0.2) is 18.3 Å². The molecule has 0 aliphatic carbocycles. The van der Waals surface area contributed by atoms with Crippen LogP contribution in [0.25, 0.3) is 5.69 Å². The van der Waals surface area contributed by atoms with Crippen molar-refractivity contribution in [3.8, 4) is 5.69 Å². The van der Waals surface area contributed by atoms with E-state index < -0.39 is 11.9 Å². The highest BCUT2D eigenvalue weighted by atomic mass is 35.5. The molecule has 2 aromatic heterocycles. The summed E-state index contributed by atoms with van der Waals surface area (Å²) in [7, 11) is 0. The fourth-order valence-electron chi connectivity index (χ4n) is 1.62. The van der Waals surface area contributed by atoms with Crippen LogP contribution in [0, 0.1) is 0 Å². The molecule has 4 nitrogen and oxygen atoms in total. The van der Waals surface area contributed by atoms with Gasteiger partial charge in [-0.15, -0.1) is 10.2 Å². The first-order valence-electron chi connectivity index (χ1n) is 5.57. The molecule has 0 atom stereocenters. The van der Waals surface area contributed by atoms with Gasteiger partial charge < -0.3 is 0 Å². The van der Waals surface area contributed by atoms with Crippen molar-refractivity contribution in [2.45, 2.75) is 25.9 Å². The molecule has 0 bridgehead atoms. The molecule has 0 spiro atoms. The number of alkyl halides is 3. The van der Waals surface area contributed by atoms with Gasteiger partial charge in [0.25, 0.3) is 0 Å². The molecule has 8 heteroatoms. The van der Waals surface area contributed by atoms with E-state index in [2.05, 4.69) is 15.2 Å². The van der Waals surface area contributed by atoms with Crippen LogP contribution in [0.5, 0.6) is 0 Å². The highest BCUT2D eigenvalue weighted by molar-refractivity contribution is 6.28. The molecular formula is C11H10ClF3N4. The predicted octanol–water partition coefficient (Wildman–Crippen LogP) is 3.29. The van der Waals surface area contributed by atoms with E-state index >= 15 is 0 Å². The molecule has 0 saturated carbocycles. The molecule has 2 rings (SSSR count). The van der Waals surface area contributed by atoms with E-state index in [-0.39, 0.29) is 5.28 Å². The number of nitrogens with zero attached hydrogens (tertiary/aromatic N) is 4. The fraction of sp³-hybridized carbons (Fsp3) is 0.364. The summed E-state index contributed by atoms with van der Waals surface area (Å²) in [5.41, 5.74) is -0.538. The second kappa shape index (κ2) is 5.16. The number of aryl methyl sites for hydroxylation is 1. The minimum atomic E-state index is -4.46. The van der Waals surface area contributed by atoms with Gasteiger partial charge in [-0.25, -0.2) is 4.98 Å². The summed E-state index contributed by atoms with van der Waals surface area (Å²) in [6.07, 6.45) is -1.90. The van der Waals surface area contributed by atoms with Crippen molar-refractivity contribution in [1.82, 2.24) is 19.7 Å². The van der Waals surface area contributed by atoms with Crippen molar-refractivity contribution in [3.05, 3.63) is 35.1 Å². The Kier molecular flexibility index (Phi) is 3.75. The third-order valence-corrected chi connectivity index (χ3v) is 2.71. The topological polar surface area (TPSA) is 43.6 Å². The van der Waals surface area contributed by atoms with E-state index in [0.29, 0.717) is 17.9 Å². The lowest BCUT2D eigenvalue weighted by molar-refractivity contribution is -0.141. The van der Waals surface area contributed by atoms with E-state index in [4.69, 9.17) is 11.6 Å². The molecule has 0 saturated heterocycles. The maximum Gasteiger partial charge on any atom is 0.433 e. The second-order valence-electron chi connectivity index (χ2n) is 3.87. The molecule has 102 valence electrons. The van der Waals surface area contributed by atoms with Gasteiger partial charge >= 0.3 is 6.18 Å². The van der Waals surface area contributed by atoms with Gasteiger partial charge in [0.2, 0.25) is 5.28 Å². The van der Waals surface area contributed by atoms with E-state index in [9.17, 15) is 13.2 Å². The van der Waals surface area contributed by atoms with Crippen LogP contribution in [0.4, 0.5) is 13.2 Å². The first-order valence-corrected chi connectivity index (χ1v) is 5.94. The number of hydrogen-bond donors (Lipinski definition) is 0. The maximum atomic E-state index is 12.4. The van der Waals surface area contributed by atoms with E-state index in [1.807, 2.05) is 6.92 Å². The van der Waals surface area contributed by atoms with Gasteiger partial charge in [-0.2, -0.15) is 13.2 Å². The Hall–Kier alpha value is -1.63. The standard InChI is InChI=1S/C11H10ClF3N4/c1-2-3-9-17-18-10(12)19(9)7-4-5-8(16-6-7)11(13,14)15/h4-6H,2-3H2,1H3. The second-order valence-corrected chi connectivity index (χ2v) is 4.21. The molecule has 0 fully saturated rings. The summed E-state index contributed by atoms with van der Waals surface area (Å²) in [5, 5.41) is 7.70. The fourth-order valence-corrected chi connectivity index (χ4v) is 1.85. The van der Waals surface area contributed by atoms with E-state index in [0.717, 1.165) is 18.7 Å². The lowest BCUT2D eigenvalue weighted by Gasteiger charge is -2.09. The molecule has 0 aliphatic heterocycles. The van der Waals surface area contributed by atoms with Gasteiger partial charge in [-0.05, 0) is 30.2 Å². The Balaban J connectivity index is 2.40. The monoisotopic (exact) mass is 290 g/mol. The van der Waals surface area contributed by atoms with Crippen LogP contribution in [-0.2, 0) is 12.6 Å². The molecule has 0 aliphatic rings. The lowest BCUT2D eigenvalue weighted by Crippen LogP contribution is -2.09. The third kappa shape index (κ3) is 2.86. The average Bonchev–Trinajstić information content (AvgIpc) is 2.70. The molecular weight excluding hydrogens is 281 g/mol. The quantitative estimate of drug-likeness (QED) is 0.871. The number of aromatic nitrogens is 4. The molecule has 0 aromatic carbocycles. The van der Waals surface area contributed by atoms with Crippen molar-refractivity contribution in [3.63, 3.8) is 0 Å². The first kappa shape index (κ1) is 13.8. The zero-order chi connectivity index (χ0) is 14.0. The maximum absolute atomic E-state index is 12.4. The minimum absolute atomic E-state index is 0.102. The Morgan fingerprint density at radius 2 is 2.00 bits per heavy atom. The normalized spacial score (nSPS) is 11.8. The van der Waals surface area contributed by atoms with Crippen LogP contribution < -0.4 is 0 Å². The van der Waals surface area contributed by atoms with Crippen LogP contribution in [0.3, 0.4) is 0 Å². The number of pyridine rings is 1. The van der Waals surface area contributed by atoms with Crippen LogP contribution >= 0.6 is 11.6 Å². The molecule has 2 aromatic rings. The first-order chi connectivity index (χ1) is 8.93. The Morgan fingerprint density at radius 3 is 2.53 bits per heavy atom. The van der Waals surface area contributed by atoms with E-state index in [1.54, 1.807) is 0 Å². The summed E-state index contributed by atoms with van der Waals surface area (Å²) >= 11 is 5.88. The summed E-state index contributed by atoms with van der Waals surface area (Å²) in [6.45, 7) is 1.96. The average molecular weight is 291 g/mol. The van der Waals surface area contributed by atoms with Crippen molar-refractivity contribution in [1.29, 1.82) is 0 Å². The molecule has 0 N–H and O–H groups in total.